The van der Waals surface area contributed by atoms with Crippen LogP contribution in [0.15, 0.2) is 77.8 Å². The van der Waals surface area contributed by atoms with E-state index in [9.17, 15) is 23.3 Å². The Balaban J connectivity index is 0.747. The van der Waals surface area contributed by atoms with Crippen molar-refractivity contribution in [3.05, 3.63) is 99.7 Å². The molecular weight excluding hydrogens is 963 g/mol. The van der Waals surface area contributed by atoms with Crippen LogP contribution in [0, 0.1) is 21.4 Å². The van der Waals surface area contributed by atoms with Gasteiger partial charge in [-0.3, -0.25) is 24.7 Å². The van der Waals surface area contributed by atoms with E-state index in [1.807, 2.05) is 30.5 Å². The number of carbonyl (C=O) groups excluding carboxylic acids is 1. The van der Waals surface area contributed by atoms with Gasteiger partial charge < -0.3 is 39.0 Å². The second kappa shape index (κ2) is 18.1. The summed E-state index contributed by atoms with van der Waals surface area (Å²) in [5, 5.41) is 16.7. The molecule has 9 heterocycles. The Hall–Kier alpha value is -5.99. The van der Waals surface area contributed by atoms with Crippen molar-refractivity contribution in [3.8, 4) is 11.6 Å². The maximum atomic E-state index is 14.8. The number of nitro groups is 1. The number of carbonyl (C=O) groups is 1. The summed E-state index contributed by atoms with van der Waals surface area (Å²) in [7, 11) is -4.69. The molecule has 6 atom stereocenters. The van der Waals surface area contributed by atoms with Crippen LogP contribution in [0.2, 0.25) is 0 Å². The molecule has 5 saturated heterocycles. The molecule has 1 amide bonds. The lowest BCUT2D eigenvalue weighted by Gasteiger charge is -2.56. The van der Waals surface area contributed by atoms with Gasteiger partial charge in [0.2, 0.25) is 5.88 Å². The number of fused-ring (bicyclic) bond motifs is 6. The average Bonchev–Trinajstić information content (AvgIpc) is 3.66. The molecule has 1 spiro atoms. The molecule has 14 rings (SSSR count). The van der Waals surface area contributed by atoms with E-state index in [4.69, 9.17) is 23.9 Å². The number of nitro benzene ring substituents is 1. The van der Waals surface area contributed by atoms with Gasteiger partial charge in [0.1, 0.15) is 24.0 Å². The van der Waals surface area contributed by atoms with Crippen molar-refractivity contribution >= 4 is 55.4 Å². The molecule has 7 aliphatic heterocycles. The first-order chi connectivity index (χ1) is 36.0. The summed E-state index contributed by atoms with van der Waals surface area (Å²) in [6, 6.07) is 22.2. The maximum absolute atomic E-state index is 14.8. The van der Waals surface area contributed by atoms with Crippen LogP contribution in [-0.2, 0) is 19.5 Å². The molecule has 19 heteroatoms. The molecule has 2 saturated carbocycles. The number of likely N-dealkylation sites (tertiary alicyclic amines) is 2. The minimum atomic E-state index is -4.69. The summed E-state index contributed by atoms with van der Waals surface area (Å²) in [5.41, 5.74) is 5.96. The van der Waals surface area contributed by atoms with E-state index in [0.717, 1.165) is 62.0 Å². The van der Waals surface area contributed by atoms with Gasteiger partial charge in [-0.2, -0.15) is 4.98 Å². The molecule has 9 aliphatic rings. The standard InChI is InChI=1S/C55H63N9O9S/c65-53(59-74(68,69)41-23-47(64(66)67)51-49(24-41)72-30-36(57-51)28-61-29-40-21-38(61)31-71-40)44-10-9-37(22-46(44)63-27-35-12-19-70-32-50(35)73-54-48(63)20-34-11-15-56-52(34)58-54)60-17-13-55(14-18-60)25-39(26-55)62-16-3-6-45(62)43-5-2-1-4-42(43)33-7-8-33/h1-2,4-5,9-11,15,20,22-24,33,35-36,38-40,45,50,57H,3,6-8,12-14,16-19,21,25-32H2,(H,56,58)(H,59,65)/t35-,36+,38-,40-,45-,50-/m0/s1. The fraction of sp³-hybridized carbons (Fsp3) is 0.527. The number of aromatic amines is 1. The molecule has 388 valence electrons. The van der Waals surface area contributed by atoms with Crippen molar-refractivity contribution in [3.63, 3.8) is 0 Å². The molecule has 2 aliphatic carbocycles. The van der Waals surface area contributed by atoms with Crippen molar-refractivity contribution in [1.29, 1.82) is 0 Å². The van der Waals surface area contributed by atoms with Crippen LogP contribution in [0.25, 0.3) is 11.0 Å². The van der Waals surface area contributed by atoms with Gasteiger partial charge >= 0.3 is 0 Å². The molecule has 0 radical (unpaired) electrons. The average molecular weight is 1030 g/mol. The minimum Gasteiger partial charge on any atom is -0.489 e. The van der Waals surface area contributed by atoms with Crippen molar-refractivity contribution in [2.24, 2.45) is 11.3 Å². The molecule has 3 aromatic carbocycles. The molecule has 2 bridgehead atoms. The number of amides is 1. The third-order valence-electron chi connectivity index (χ3n) is 18.1. The highest BCUT2D eigenvalue weighted by molar-refractivity contribution is 7.90. The van der Waals surface area contributed by atoms with E-state index in [-0.39, 0.29) is 47.8 Å². The second-order valence-corrected chi connectivity index (χ2v) is 24.3. The van der Waals surface area contributed by atoms with Crippen molar-refractivity contribution in [2.45, 2.75) is 111 Å². The number of anilines is 4. The number of hydrogen-bond donors (Lipinski definition) is 3. The largest absolute Gasteiger partial charge is 0.489 e. The van der Waals surface area contributed by atoms with Crippen LogP contribution in [0.3, 0.4) is 0 Å². The number of benzene rings is 3. The van der Waals surface area contributed by atoms with E-state index in [0.29, 0.717) is 85.8 Å². The van der Waals surface area contributed by atoms with Gasteiger partial charge in [0.05, 0.1) is 46.4 Å². The van der Waals surface area contributed by atoms with Crippen LogP contribution in [0.4, 0.5) is 28.4 Å². The third-order valence-corrected chi connectivity index (χ3v) is 19.4. The molecule has 3 N–H and O–H groups in total. The molecule has 74 heavy (non-hydrogen) atoms. The third kappa shape index (κ3) is 8.33. The van der Waals surface area contributed by atoms with Gasteiger partial charge in [-0.05, 0) is 124 Å². The van der Waals surface area contributed by atoms with Crippen LogP contribution in [0.5, 0.6) is 11.6 Å². The minimum absolute atomic E-state index is 0.00198. The number of pyridine rings is 1. The number of H-pyrrole nitrogens is 1. The number of rotatable bonds is 11. The normalized spacial score (nSPS) is 27.6. The summed E-state index contributed by atoms with van der Waals surface area (Å²) in [4.78, 5) is 44.1. The van der Waals surface area contributed by atoms with Crippen molar-refractivity contribution < 1.29 is 37.1 Å². The summed E-state index contributed by atoms with van der Waals surface area (Å²) < 4.78 is 55.5. The highest BCUT2D eigenvalue weighted by atomic mass is 32.2. The smallest absolute Gasteiger partial charge is 0.297 e. The van der Waals surface area contributed by atoms with Gasteiger partial charge in [0, 0.05) is 92.8 Å². The number of nitrogens with one attached hydrogen (secondary N) is 3. The molecule has 2 aromatic heterocycles. The Labute approximate surface area is 430 Å². The lowest BCUT2D eigenvalue weighted by Crippen LogP contribution is -2.55. The highest BCUT2D eigenvalue weighted by Crippen LogP contribution is 2.55. The number of piperidine rings is 1. The first-order valence-corrected chi connectivity index (χ1v) is 28.4. The summed E-state index contributed by atoms with van der Waals surface area (Å²) in [6.07, 6.45) is 13.1. The summed E-state index contributed by atoms with van der Waals surface area (Å²) in [5.74, 6) is 0.282. The fourth-order valence-electron chi connectivity index (χ4n) is 14.0. The monoisotopic (exact) mass is 1030 g/mol. The second-order valence-electron chi connectivity index (χ2n) is 22.6. The topological polar surface area (TPSA) is 197 Å². The zero-order chi connectivity index (χ0) is 49.9. The predicted molar refractivity (Wildman–Crippen MR) is 277 cm³/mol. The van der Waals surface area contributed by atoms with Crippen LogP contribution in [0.1, 0.15) is 97.7 Å². The molecular formula is C55H63N9O9S. The van der Waals surface area contributed by atoms with E-state index in [1.54, 1.807) is 17.2 Å². The summed E-state index contributed by atoms with van der Waals surface area (Å²) in [6.45, 7) is 6.50. The van der Waals surface area contributed by atoms with Gasteiger partial charge in [0.15, 0.2) is 11.4 Å². The Morgan fingerprint density at radius 2 is 1.77 bits per heavy atom. The van der Waals surface area contributed by atoms with Crippen molar-refractivity contribution in [2.75, 3.05) is 80.8 Å². The van der Waals surface area contributed by atoms with E-state index in [2.05, 4.69) is 58.9 Å². The zero-order valence-corrected chi connectivity index (χ0v) is 42.3. The Morgan fingerprint density at radius 1 is 0.919 bits per heavy atom. The quantitative estimate of drug-likeness (QED) is 0.0862. The fourth-order valence-corrected chi connectivity index (χ4v) is 15.0. The highest BCUT2D eigenvalue weighted by Gasteiger charge is 2.50. The van der Waals surface area contributed by atoms with Crippen molar-refractivity contribution in [1.82, 2.24) is 24.5 Å². The Morgan fingerprint density at radius 3 is 2.57 bits per heavy atom. The van der Waals surface area contributed by atoms with Crippen LogP contribution >= 0.6 is 0 Å². The number of aromatic nitrogens is 2. The lowest BCUT2D eigenvalue weighted by molar-refractivity contribution is -0.384. The van der Waals surface area contributed by atoms with Gasteiger partial charge in [-0.1, -0.05) is 24.3 Å². The van der Waals surface area contributed by atoms with Gasteiger partial charge in [-0.15, -0.1) is 0 Å². The first kappa shape index (κ1) is 46.5. The maximum Gasteiger partial charge on any atom is 0.297 e. The number of sulfonamides is 1. The number of nitrogens with zero attached hydrogens (tertiary/aromatic N) is 6. The number of morpholine rings is 1. The van der Waals surface area contributed by atoms with Crippen LogP contribution in [-0.4, -0.2) is 135 Å². The van der Waals surface area contributed by atoms with E-state index >= 15 is 0 Å². The molecule has 7 fully saturated rings. The lowest BCUT2D eigenvalue weighted by atomic mass is 9.59. The molecule has 0 unspecified atom stereocenters. The van der Waals surface area contributed by atoms with Crippen LogP contribution < -0.4 is 29.3 Å². The van der Waals surface area contributed by atoms with Gasteiger partial charge in [0.25, 0.3) is 21.6 Å². The zero-order valence-electron chi connectivity index (χ0n) is 41.5. The predicted octanol–water partition coefficient (Wildman–Crippen LogP) is 7.63. The molecule has 18 nitrogen and oxygen atoms in total. The van der Waals surface area contributed by atoms with E-state index in [1.165, 1.54) is 51.1 Å². The Kier molecular flexibility index (Phi) is 11.4. The summed E-state index contributed by atoms with van der Waals surface area (Å²) >= 11 is 0. The Bertz CT molecular complexity index is 3150. The van der Waals surface area contributed by atoms with E-state index < -0.39 is 31.4 Å². The SMILES string of the molecule is O=C(NS(=O)(=O)c1cc2c(c([N+](=O)[O-])c1)N[C@H](CN1C[C@@H]3C[C@H]1CO3)CO2)c1ccc(N2CCC3(CC2)CC(N2CCC[C@H]2c2ccccc2C2CC2)C3)cc1N1C[C@@H]2CCOC[C@@H]2Oc2nc3[nH]ccc3cc21. The number of ether oxygens (including phenoxy) is 4. The van der Waals surface area contributed by atoms with Gasteiger partial charge in [-0.25, -0.2) is 13.1 Å². The number of hydrogen-bond acceptors (Lipinski definition) is 15. The molecule has 5 aromatic rings. The first-order valence-electron chi connectivity index (χ1n) is 26.9.